The van der Waals surface area contributed by atoms with E-state index in [9.17, 15) is 9.90 Å². The Bertz CT molecular complexity index is 701. The van der Waals surface area contributed by atoms with Crippen molar-refractivity contribution in [3.8, 4) is 0 Å². The zero-order chi connectivity index (χ0) is 15.5. The van der Waals surface area contributed by atoms with Crippen LogP contribution in [0.3, 0.4) is 0 Å². The van der Waals surface area contributed by atoms with Gasteiger partial charge < -0.3 is 9.84 Å². The zero-order valence-corrected chi connectivity index (χ0v) is 12.4. The molecular weight excluding hydrogens is 276 g/mol. The van der Waals surface area contributed by atoms with Crippen molar-refractivity contribution in [1.82, 2.24) is 0 Å². The lowest BCUT2D eigenvalue weighted by molar-refractivity contribution is 0.0526. The van der Waals surface area contributed by atoms with Crippen LogP contribution in [0.5, 0.6) is 0 Å². The van der Waals surface area contributed by atoms with E-state index >= 15 is 0 Å². The smallest absolute Gasteiger partial charge is 0.338 e. The van der Waals surface area contributed by atoms with Crippen LogP contribution in [0.4, 0.5) is 0 Å². The van der Waals surface area contributed by atoms with Crippen LogP contribution in [0.25, 0.3) is 6.08 Å². The van der Waals surface area contributed by atoms with Crippen LogP contribution >= 0.6 is 0 Å². The Kier molecular flexibility index (Phi) is 4.07. The van der Waals surface area contributed by atoms with Crippen molar-refractivity contribution in [3.63, 3.8) is 0 Å². The third-order valence-electron chi connectivity index (χ3n) is 3.94. The maximum Gasteiger partial charge on any atom is 0.338 e. The van der Waals surface area contributed by atoms with Gasteiger partial charge in [0.25, 0.3) is 0 Å². The maximum absolute atomic E-state index is 11.7. The number of benzene rings is 2. The zero-order valence-electron chi connectivity index (χ0n) is 12.4. The van der Waals surface area contributed by atoms with Crippen LogP contribution in [0.1, 0.15) is 46.0 Å². The molecule has 0 saturated carbocycles. The molecule has 0 spiro atoms. The Hall–Kier alpha value is -2.39. The molecule has 0 amide bonds. The van der Waals surface area contributed by atoms with Gasteiger partial charge in [-0.3, -0.25) is 0 Å². The van der Waals surface area contributed by atoms with E-state index in [4.69, 9.17) is 4.74 Å². The summed E-state index contributed by atoms with van der Waals surface area (Å²) < 4.78 is 4.98. The van der Waals surface area contributed by atoms with Crippen LogP contribution in [0.15, 0.2) is 54.6 Å². The van der Waals surface area contributed by atoms with Gasteiger partial charge in [-0.2, -0.15) is 0 Å². The molecule has 3 nitrogen and oxygen atoms in total. The van der Waals surface area contributed by atoms with Crippen LogP contribution < -0.4 is 0 Å². The second-order valence-corrected chi connectivity index (χ2v) is 5.30. The van der Waals surface area contributed by atoms with Gasteiger partial charge in [0, 0.05) is 5.92 Å². The second-order valence-electron chi connectivity index (χ2n) is 5.30. The van der Waals surface area contributed by atoms with E-state index in [1.165, 1.54) is 0 Å². The highest BCUT2D eigenvalue weighted by Gasteiger charge is 2.25. The lowest BCUT2D eigenvalue weighted by Crippen LogP contribution is -2.13. The molecule has 3 rings (SSSR count). The molecule has 0 aromatic heterocycles. The van der Waals surface area contributed by atoms with E-state index in [0.29, 0.717) is 12.2 Å². The monoisotopic (exact) mass is 294 g/mol. The summed E-state index contributed by atoms with van der Waals surface area (Å²) in [6.07, 6.45) is 3.47. The molecular formula is C19H18O3. The maximum atomic E-state index is 11.7. The molecule has 1 aliphatic rings. The van der Waals surface area contributed by atoms with Crippen molar-refractivity contribution < 1.29 is 14.6 Å². The molecule has 2 unspecified atom stereocenters. The fourth-order valence-electron chi connectivity index (χ4n) is 2.79. The first-order chi connectivity index (χ1) is 10.7. The molecule has 22 heavy (non-hydrogen) atoms. The fourth-order valence-corrected chi connectivity index (χ4v) is 2.79. The summed E-state index contributed by atoms with van der Waals surface area (Å²) in [5.74, 6) is -0.426. The van der Waals surface area contributed by atoms with Crippen LogP contribution in [-0.2, 0) is 4.74 Å². The van der Waals surface area contributed by atoms with Gasteiger partial charge in [0.05, 0.1) is 18.3 Å². The highest BCUT2D eigenvalue weighted by Crippen LogP contribution is 2.38. The van der Waals surface area contributed by atoms with E-state index in [1.807, 2.05) is 48.6 Å². The van der Waals surface area contributed by atoms with Gasteiger partial charge in [-0.1, -0.05) is 48.6 Å². The van der Waals surface area contributed by atoms with Gasteiger partial charge in [-0.15, -0.1) is 0 Å². The number of fused-ring (bicyclic) bond motifs is 1. The number of carbonyl (C=O) groups is 1. The molecule has 2 aromatic rings. The topological polar surface area (TPSA) is 46.5 Å². The molecule has 0 radical (unpaired) electrons. The van der Waals surface area contributed by atoms with Crippen LogP contribution in [0.2, 0.25) is 0 Å². The minimum absolute atomic E-state index is 0.105. The Labute approximate surface area is 129 Å². The largest absolute Gasteiger partial charge is 0.462 e. The van der Waals surface area contributed by atoms with Gasteiger partial charge in [0.1, 0.15) is 0 Å². The second kappa shape index (κ2) is 6.16. The number of carbonyl (C=O) groups excluding carboxylic acids is 1. The Morgan fingerprint density at radius 2 is 1.86 bits per heavy atom. The molecule has 0 heterocycles. The Morgan fingerprint density at radius 3 is 2.59 bits per heavy atom. The lowest BCUT2D eigenvalue weighted by Gasteiger charge is -2.26. The van der Waals surface area contributed by atoms with Crippen molar-refractivity contribution in [1.29, 1.82) is 0 Å². The highest BCUT2D eigenvalue weighted by molar-refractivity contribution is 5.89. The minimum atomic E-state index is -0.574. The molecule has 0 saturated heterocycles. The van der Waals surface area contributed by atoms with Crippen LogP contribution in [0, 0.1) is 0 Å². The summed E-state index contributed by atoms with van der Waals surface area (Å²) in [7, 11) is 0. The summed E-state index contributed by atoms with van der Waals surface area (Å²) in [6, 6.07) is 15.1. The van der Waals surface area contributed by atoms with Gasteiger partial charge >= 0.3 is 5.97 Å². The molecule has 0 aliphatic heterocycles. The van der Waals surface area contributed by atoms with Crippen molar-refractivity contribution in [3.05, 3.63) is 76.9 Å². The van der Waals surface area contributed by atoms with Crippen molar-refractivity contribution in [2.24, 2.45) is 0 Å². The van der Waals surface area contributed by atoms with Gasteiger partial charge in [-0.25, -0.2) is 4.79 Å². The highest BCUT2D eigenvalue weighted by atomic mass is 16.5. The number of aliphatic hydroxyl groups excluding tert-OH is 1. The summed E-state index contributed by atoms with van der Waals surface area (Å²) in [5.41, 5.74) is 3.49. The first-order valence-corrected chi connectivity index (χ1v) is 7.43. The SMILES string of the molecule is CCOC(=O)c1ccc(C2C=Cc3ccccc3C2O)cc1. The molecule has 3 heteroatoms. The van der Waals surface area contributed by atoms with E-state index in [0.717, 1.165) is 16.7 Å². The normalized spacial score (nSPS) is 19.5. The van der Waals surface area contributed by atoms with E-state index in [2.05, 4.69) is 0 Å². The predicted molar refractivity (Wildman–Crippen MR) is 85.6 cm³/mol. The van der Waals surface area contributed by atoms with Crippen molar-refractivity contribution in [2.75, 3.05) is 6.61 Å². The minimum Gasteiger partial charge on any atom is -0.462 e. The molecule has 112 valence electrons. The van der Waals surface area contributed by atoms with Gasteiger partial charge in [0.15, 0.2) is 0 Å². The molecule has 1 N–H and O–H groups in total. The van der Waals surface area contributed by atoms with E-state index in [1.54, 1.807) is 19.1 Å². The number of hydrogen-bond acceptors (Lipinski definition) is 3. The van der Waals surface area contributed by atoms with Crippen LogP contribution in [-0.4, -0.2) is 17.7 Å². The summed E-state index contributed by atoms with van der Waals surface area (Å²) in [4.78, 5) is 11.7. The van der Waals surface area contributed by atoms with Gasteiger partial charge in [-0.05, 0) is 35.7 Å². The summed E-state index contributed by atoms with van der Waals surface area (Å²) >= 11 is 0. The van der Waals surface area contributed by atoms with Crippen molar-refractivity contribution >= 4 is 12.0 Å². The average molecular weight is 294 g/mol. The van der Waals surface area contributed by atoms with E-state index in [-0.39, 0.29) is 11.9 Å². The van der Waals surface area contributed by atoms with E-state index < -0.39 is 6.10 Å². The Morgan fingerprint density at radius 1 is 1.14 bits per heavy atom. The number of aliphatic hydroxyl groups is 1. The molecule has 0 bridgehead atoms. The molecule has 1 aliphatic carbocycles. The third kappa shape index (κ3) is 2.68. The average Bonchev–Trinajstić information content (AvgIpc) is 2.56. The quantitative estimate of drug-likeness (QED) is 0.878. The van der Waals surface area contributed by atoms with Gasteiger partial charge in [0.2, 0.25) is 0 Å². The first kappa shape index (κ1) is 14.5. The molecule has 2 aromatic carbocycles. The fraction of sp³-hybridized carbons (Fsp3) is 0.211. The number of rotatable bonds is 3. The summed E-state index contributed by atoms with van der Waals surface area (Å²) in [6.45, 7) is 2.15. The third-order valence-corrected chi connectivity index (χ3v) is 3.94. The number of esters is 1. The molecule has 0 fully saturated rings. The number of hydrogen-bond donors (Lipinski definition) is 1. The first-order valence-electron chi connectivity index (χ1n) is 7.43. The lowest BCUT2D eigenvalue weighted by atomic mass is 9.82. The molecule has 2 atom stereocenters. The summed E-state index contributed by atoms with van der Waals surface area (Å²) in [5, 5.41) is 10.6. The standard InChI is InChI=1S/C19H18O3/c1-2-22-19(21)15-9-7-14(8-10-15)17-12-11-13-5-3-4-6-16(13)18(17)20/h3-12,17-18,20H,2H2,1H3. The van der Waals surface area contributed by atoms with Crippen molar-refractivity contribution in [2.45, 2.75) is 18.9 Å². The number of ether oxygens (including phenoxy) is 1. The Balaban J connectivity index is 1.85. The predicted octanol–water partition coefficient (Wildman–Crippen LogP) is 3.71.